The van der Waals surface area contributed by atoms with Crippen molar-refractivity contribution in [1.29, 1.82) is 0 Å². The Kier molecular flexibility index (Phi) is 8.11. The number of carbonyl (C=O) groups excluding carboxylic acids is 3. The van der Waals surface area contributed by atoms with Gasteiger partial charge < -0.3 is 14.2 Å². The monoisotopic (exact) mass is 471 g/mol. The number of hydrogen-bond donors (Lipinski definition) is 0. The van der Waals surface area contributed by atoms with Crippen molar-refractivity contribution in [3.05, 3.63) is 64.3 Å². The normalized spacial score (nSPS) is 10.8. The molecule has 0 spiro atoms. The summed E-state index contributed by atoms with van der Waals surface area (Å²) < 4.78 is 17.0. The fourth-order valence-corrected chi connectivity index (χ4v) is 3.63. The van der Waals surface area contributed by atoms with Gasteiger partial charge in [-0.1, -0.05) is 24.9 Å². The number of nitrogens with zero attached hydrogens (tertiary/aromatic N) is 1. The largest absolute Gasteiger partial charge is 0.497 e. The molecule has 33 heavy (non-hydrogen) atoms. The Labute approximate surface area is 197 Å². The van der Waals surface area contributed by atoms with Crippen LogP contribution in [0.5, 0.6) is 5.75 Å². The van der Waals surface area contributed by atoms with Crippen LogP contribution in [0.2, 0.25) is 5.02 Å². The summed E-state index contributed by atoms with van der Waals surface area (Å²) in [6.45, 7) is 3.60. The molecule has 0 amide bonds. The molecule has 0 aliphatic carbocycles. The standard InChI is InChI=1S/C25H26ClNO6/c1-4-5-12-32-24(29)15-33-23(28)14-20-16(2)27(22-11-10-19(31-3)13-21(20)22)25(30)17-6-8-18(26)9-7-17/h6-11,13H,4-5,12,14-15H2,1-3H3. The summed E-state index contributed by atoms with van der Waals surface area (Å²) in [6.07, 6.45) is 1.54. The Hall–Kier alpha value is -3.32. The highest BCUT2D eigenvalue weighted by molar-refractivity contribution is 6.30. The van der Waals surface area contributed by atoms with Crippen molar-refractivity contribution in [2.75, 3.05) is 20.3 Å². The van der Waals surface area contributed by atoms with Crippen LogP contribution in [0.4, 0.5) is 0 Å². The summed E-state index contributed by atoms with van der Waals surface area (Å²) in [5.41, 5.74) is 2.31. The molecule has 1 heterocycles. The van der Waals surface area contributed by atoms with Gasteiger partial charge in [-0.15, -0.1) is 0 Å². The second-order valence-corrected chi connectivity index (χ2v) is 7.94. The van der Waals surface area contributed by atoms with Gasteiger partial charge in [-0.3, -0.25) is 14.2 Å². The number of rotatable bonds is 9. The van der Waals surface area contributed by atoms with E-state index in [0.717, 1.165) is 12.8 Å². The van der Waals surface area contributed by atoms with Crippen molar-refractivity contribution < 1.29 is 28.6 Å². The van der Waals surface area contributed by atoms with Crippen molar-refractivity contribution in [1.82, 2.24) is 4.57 Å². The van der Waals surface area contributed by atoms with Crippen LogP contribution in [-0.2, 0) is 25.5 Å². The minimum Gasteiger partial charge on any atom is -0.497 e. The van der Waals surface area contributed by atoms with Gasteiger partial charge in [0.05, 0.1) is 25.7 Å². The zero-order valence-corrected chi connectivity index (χ0v) is 19.6. The van der Waals surface area contributed by atoms with Gasteiger partial charge in [-0.05, 0) is 61.4 Å². The molecule has 3 aromatic rings. The van der Waals surface area contributed by atoms with E-state index in [1.54, 1.807) is 61.1 Å². The summed E-state index contributed by atoms with van der Waals surface area (Å²) in [5, 5.41) is 1.22. The lowest BCUT2D eigenvalue weighted by Crippen LogP contribution is -2.18. The van der Waals surface area contributed by atoms with Crippen LogP contribution in [0.25, 0.3) is 10.9 Å². The number of halogens is 1. The highest BCUT2D eigenvalue weighted by Gasteiger charge is 2.23. The summed E-state index contributed by atoms with van der Waals surface area (Å²) in [7, 11) is 1.54. The average Bonchev–Trinajstić information content (AvgIpc) is 3.08. The maximum Gasteiger partial charge on any atom is 0.344 e. The summed E-state index contributed by atoms with van der Waals surface area (Å²) in [4.78, 5) is 37.5. The summed E-state index contributed by atoms with van der Waals surface area (Å²) in [5.74, 6) is -0.840. The van der Waals surface area contributed by atoms with E-state index in [0.29, 0.717) is 45.1 Å². The molecule has 0 aliphatic rings. The van der Waals surface area contributed by atoms with E-state index >= 15 is 0 Å². The number of aromatic nitrogens is 1. The molecule has 7 nitrogen and oxygen atoms in total. The number of esters is 2. The van der Waals surface area contributed by atoms with Crippen molar-refractivity contribution in [3.8, 4) is 5.75 Å². The zero-order valence-electron chi connectivity index (χ0n) is 18.9. The average molecular weight is 472 g/mol. The van der Waals surface area contributed by atoms with Crippen LogP contribution in [0.15, 0.2) is 42.5 Å². The van der Waals surface area contributed by atoms with Gasteiger partial charge in [-0.25, -0.2) is 4.79 Å². The molecule has 174 valence electrons. The Morgan fingerprint density at radius 3 is 2.39 bits per heavy atom. The molecule has 0 radical (unpaired) electrons. The first-order valence-corrected chi connectivity index (χ1v) is 11.0. The lowest BCUT2D eigenvalue weighted by molar-refractivity contribution is -0.158. The molecule has 0 N–H and O–H groups in total. The van der Waals surface area contributed by atoms with Crippen LogP contribution < -0.4 is 4.74 Å². The molecule has 2 aromatic carbocycles. The maximum absolute atomic E-state index is 13.3. The third kappa shape index (κ3) is 5.73. The molecule has 0 atom stereocenters. The molecule has 0 bridgehead atoms. The van der Waals surface area contributed by atoms with E-state index in [1.807, 2.05) is 6.92 Å². The van der Waals surface area contributed by atoms with Gasteiger partial charge in [0, 0.05) is 21.7 Å². The minimum absolute atomic E-state index is 0.112. The van der Waals surface area contributed by atoms with E-state index in [2.05, 4.69) is 0 Å². The molecule has 8 heteroatoms. The molecule has 3 rings (SSSR count). The van der Waals surface area contributed by atoms with Crippen LogP contribution in [0.3, 0.4) is 0 Å². The Morgan fingerprint density at radius 1 is 1.00 bits per heavy atom. The first-order chi connectivity index (χ1) is 15.8. The van der Waals surface area contributed by atoms with Gasteiger partial charge in [-0.2, -0.15) is 0 Å². The van der Waals surface area contributed by atoms with Gasteiger partial charge in [0.2, 0.25) is 0 Å². The number of fused-ring (bicyclic) bond motifs is 1. The fourth-order valence-electron chi connectivity index (χ4n) is 3.50. The Balaban J connectivity index is 1.89. The number of carbonyl (C=O) groups is 3. The first-order valence-electron chi connectivity index (χ1n) is 10.6. The topological polar surface area (TPSA) is 83.8 Å². The maximum atomic E-state index is 13.3. The molecular weight excluding hydrogens is 446 g/mol. The van der Waals surface area contributed by atoms with Crippen molar-refractivity contribution in [3.63, 3.8) is 0 Å². The van der Waals surface area contributed by atoms with E-state index in [9.17, 15) is 14.4 Å². The minimum atomic E-state index is -0.591. The van der Waals surface area contributed by atoms with Crippen molar-refractivity contribution in [2.24, 2.45) is 0 Å². The number of ether oxygens (including phenoxy) is 3. The van der Waals surface area contributed by atoms with Crippen molar-refractivity contribution >= 4 is 40.3 Å². The van der Waals surface area contributed by atoms with Crippen LogP contribution in [0, 0.1) is 6.92 Å². The van der Waals surface area contributed by atoms with E-state index in [1.165, 1.54) is 0 Å². The molecule has 0 saturated carbocycles. The van der Waals surface area contributed by atoms with Crippen LogP contribution in [-0.4, -0.2) is 42.7 Å². The Bertz CT molecular complexity index is 1170. The lowest BCUT2D eigenvalue weighted by atomic mass is 10.1. The van der Waals surface area contributed by atoms with E-state index in [-0.39, 0.29) is 12.3 Å². The summed E-state index contributed by atoms with van der Waals surface area (Å²) >= 11 is 5.95. The molecular formula is C25H26ClNO6. The van der Waals surface area contributed by atoms with Gasteiger partial charge in [0.25, 0.3) is 5.91 Å². The van der Waals surface area contributed by atoms with E-state index in [4.69, 9.17) is 25.8 Å². The number of unbranched alkanes of at least 4 members (excludes halogenated alkanes) is 1. The predicted molar refractivity (Wildman–Crippen MR) is 125 cm³/mol. The number of hydrogen-bond acceptors (Lipinski definition) is 6. The third-order valence-corrected chi connectivity index (χ3v) is 5.52. The molecule has 0 saturated heterocycles. The molecule has 1 aromatic heterocycles. The van der Waals surface area contributed by atoms with Gasteiger partial charge in [0.1, 0.15) is 5.75 Å². The predicted octanol–water partition coefficient (Wildman–Crippen LogP) is 4.73. The molecule has 0 fully saturated rings. The molecule has 0 unspecified atom stereocenters. The Morgan fingerprint density at radius 2 is 1.73 bits per heavy atom. The molecule has 0 aliphatic heterocycles. The quantitative estimate of drug-likeness (QED) is 0.331. The highest BCUT2D eigenvalue weighted by atomic mass is 35.5. The van der Waals surface area contributed by atoms with Crippen LogP contribution >= 0.6 is 11.6 Å². The van der Waals surface area contributed by atoms with Gasteiger partial charge >= 0.3 is 11.9 Å². The number of benzene rings is 2. The first kappa shape index (κ1) is 24.3. The second-order valence-electron chi connectivity index (χ2n) is 7.51. The van der Waals surface area contributed by atoms with Gasteiger partial charge in [0.15, 0.2) is 6.61 Å². The smallest absolute Gasteiger partial charge is 0.344 e. The summed E-state index contributed by atoms with van der Waals surface area (Å²) in [6, 6.07) is 11.9. The van der Waals surface area contributed by atoms with Crippen LogP contribution in [0.1, 0.15) is 41.4 Å². The lowest BCUT2D eigenvalue weighted by Gasteiger charge is -2.08. The third-order valence-electron chi connectivity index (χ3n) is 5.27. The second kappa shape index (κ2) is 11.0. The SMILES string of the molecule is CCCCOC(=O)COC(=O)Cc1c(C)n(C(=O)c2ccc(Cl)cc2)c2ccc(OC)cc12. The fraction of sp³-hybridized carbons (Fsp3) is 0.320. The van der Waals surface area contributed by atoms with E-state index < -0.39 is 18.5 Å². The zero-order chi connectivity index (χ0) is 24.0. The number of methoxy groups -OCH3 is 1. The van der Waals surface area contributed by atoms with Crippen molar-refractivity contribution in [2.45, 2.75) is 33.1 Å². The highest BCUT2D eigenvalue weighted by Crippen LogP contribution is 2.31.